The van der Waals surface area contributed by atoms with Crippen LogP contribution in [-0.2, 0) is 18.4 Å². The summed E-state index contributed by atoms with van der Waals surface area (Å²) in [5.74, 6) is 1.44. The maximum Gasteiger partial charge on any atom is 0.224 e. The first-order valence-electron chi connectivity index (χ1n) is 10.6. The van der Waals surface area contributed by atoms with Gasteiger partial charge in [0.25, 0.3) is 0 Å². The van der Waals surface area contributed by atoms with Gasteiger partial charge in [-0.3, -0.25) is 14.5 Å². The van der Waals surface area contributed by atoms with Crippen molar-refractivity contribution in [3.8, 4) is 0 Å². The molecule has 0 bridgehead atoms. The molecule has 1 saturated heterocycles. The zero-order valence-corrected chi connectivity index (χ0v) is 21.3. The monoisotopic (exact) mass is 518 g/mol. The molecule has 0 saturated carbocycles. The van der Waals surface area contributed by atoms with Crippen molar-refractivity contribution in [1.29, 1.82) is 0 Å². The molecule has 1 aromatic heterocycles. The van der Waals surface area contributed by atoms with Crippen molar-refractivity contribution < 1.29 is 4.79 Å². The minimum absolute atomic E-state index is 0. The zero-order valence-electron chi connectivity index (χ0n) is 18.9. The standard InChI is InChI=1S/C21H38N6O.HI/c1-7-22-21(23-12-11-19(28)27-13-9-8-10-17(27)4)25(5)14-18-15-26(6)24-20(18)16(2)3;/h15-17H,7-14H2,1-6H3,(H,22,23);1H. The van der Waals surface area contributed by atoms with Crippen molar-refractivity contribution in [3.63, 3.8) is 0 Å². The number of aryl methyl sites for hydroxylation is 1. The van der Waals surface area contributed by atoms with Crippen LogP contribution in [0.1, 0.15) is 70.6 Å². The van der Waals surface area contributed by atoms with Crippen LogP contribution in [0.5, 0.6) is 0 Å². The van der Waals surface area contributed by atoms with Gasteiger partial charge >= 0.3 is 0 Å². The van der Waals surface area contributed by atoms with Crippen molar-refractivity contribution in [1.82, 2.24) is 24.9 Å². The van der Waals surface area contributed by atoms with E-state index in [0.29, 0.717) is 24.9 Å². The Morgan fingerprint density at radius 1 is 1.41 bits per heavy atom. The number of aliphatic imine (C=N–C) groups is 1. The molecule has 29 heavy (non-hydrogen) atoms. The highest BCUT2D eigenvalue weighted by atomic mass is 127. The van der Waals surface area contributed by atoms with Gasteiger partial charge in [-0.15, -0.1) is 24.0 Å². The summed E-state index contributed by atoms with van der Waals surface area (Å²) < 4.78 is 1.88. The van der Waals surface area contributed by atoms with Crippen LogP contribution in [0.4, 0.5) is 0 Å². The molecular formula is C21H39IN6O. The number of nitrogens with zero attached hydrogens (tertiary/aromatic N) is 5. The molecule has 1 aliphatic rings. The first kappa shape index (κ1) is 25.7. The van der Waals surface area contributed by atoms with Crippen LogP contribution in [0.3, 0.4) is 0 Å². The van der Waals surface area contributed by atoms with Gasteiger partial charge in [0.05, 0.1) is 12.2 Å². The van der Waals surface area contributed by atoms with Crippen molar-refractivity contribution >= 4 is 35.8 Å². The van der Waals surface area contributed by atoms with Gasteiger partial charge in [-0.1, -0.05) is 13.8 Å². The number of hydrogen-bond acceptors (Lipinski definition) is 3. The first-order chi connectivity index (χ1) is 13.3. The van der Waals surface area contributed by atoms with Gasteiger partial charge < -0.3 is 15.1 Å². The number of carbonyl (C=O) groups excluding carboxylic acids is 1. The number of aromatic nitrogens is 2. The number of guanidine groups is 1. The van der Waals surface area contributed by atoms with E-state index in [1.54, 1.807) is 0 Å². The quantitative estimate of drug-likeness (QED) is 0.342. The van der Waals surface area contributed by atoms with Crippen LogP contribution in [-0.4, -0.2) is 64.2 Å². The number of rotatable bonds is 7. The number of nitrogens with one attached hydrogen (secondary N) is 1. The summed E-state index contributed by atoms with van der Waals surface area (Å²) in [6.07, 6.45) is 6.01. The summed E-state index contributed by atoms with van der Waals surface area (Å²) in [4.78, 5) is 21.4. The molecule has 8 heteroatoms. The lowest BCUT2D eigenvalue weighted by Crippen LogP contribution is -2.42. The highest BCUT2D eigenvalue weighted by molar-refractivity contribution is 14.0. The van der Waals surface area contributed by atoms with E-state index in [4.69, 9.17) is 4.99 Å². The number of amides is 1. The van der Waals surface area contributed by atoms with Crippen LogP contribution in [0.2, 0.25) is 0 Å². The fourth-order valence-corrected chi connectivity index (χ4v) is 3.83. The molecule has 1 unspecified atom stereocenters. The lowest BCUT2D eigenvalue weighted by atomic mass is 10.0. The Hall–Kier alpha value is -1.32. The van der Waals surface area contributed by atoms with E-state index in [0.717, 1.165) is 44.1 Å². The second kappa shape index (κ2) is 12.4. The Labute approximate surface area is 193 Å². The largest absolute Gasteiger partial charge is 0.357 e. The summed E-state index contributed by atoms with van der Waals surface area (Å²) in [6.45, 7) is 11.5. The Balaban J connectivity index is 0.00000420. The summed E-state index contributed by atoms with van der Waals surface area (Å²) in [5, 5.41) is 7.94. The van der Waals surface area contributed by atoms with E-state index in [1.807, 2.05) is 23.7 Å². The zero-order chi connectivity index (χ0) is 20.7. The van der Waals surface area contributed by atoms with E-state index < -0.39 is 0 Å². The lowest BCUT2D eigenvalue weighted by Gasteiger charge is -2.33. The van der Waals surface area contributed by atoms with Crippen molar-refractivity contribution in [2.45, 2.75) is 71.9 Å². The van der Waals surface area contributed by atoms with Gasteiger partial charge in [-0.2, -0.15) is 5.10 Å². The third-order valence-corrected chi connectivity index (χ3v) is 5.30. The van der Waals surface area contributed by atoms with Crippen molar-refractivity contribution in [2.24, 2.45) is 12.0 Å². The predicted octanol–water partition coefficient (Wildman–Crippen LogP) is 3.35. The van der Waals surface area contributed by atoms with Gasteiger partial charge in [-0.25, -0.2) is 0 Å². The summed E-state index contributed by atoms with van der Waals surface area (Å²) >= 11 is 0. The van der Waals surface area contributed by atoms with Gasteiger partial charge in [0, 0.05) is 58.0 Å². The fraction of sp³-hybridized carbons (Fsp3) is 0.762. The molecule has 7 nitrogen and oxygen atoms in total. The van der Waals surface area contributed by atoms with Crippen LogP contribution < -0.4 is 5.32 Å². The summed E-state index contributed by atoms with van der Waals surface area (Å²) in [7, 11) is 4.00. The lowest BCUT2D eigenvalue weighted by molar-refractivity contribution is -0.134. The second-order valence-corrected chi connectivity index (χ2v) is 8.14. The van der Waals surface area contributed by atoms with Crippen molar-refractivity contribution in [2.75, 3.05) is 26.7 Å². The highest BCUT2D eigenvalue weighted by Crippen LogP contribution is 2.19. The van der Waals surface area contributed by atoms with E-state index in [2.05, 4.69) is 49.2 Å². The highest BCUT2D eigenvalue weighted by Gasteiger charge is 2.22. The molecule has 166 valence electrons. The molecule has 2 rings (SSSR count). The number of carbonyl (C=O) groups is 1. The minimum atomic E-state index is 0. The Kier molecular flexibility index (Phi) is 11.0. The molecule has 0 spiro atoms. The Morgan fingerprint density at radius 3 is 2.76 bits per heavy atom. The van der Waals surface area contributed by atoms with Crippen LogP contribution in [0.25, 0.3) is 0 Å². The third-order valence-electron chi connectivity index (χ3n) is 5.30. The Bertz CT molecular complexity index is 672. The molecule has 0 radical (unpaired) electrons. The fourth-order valence-electron chi connectivity index (χ4n) is 3.83. The normalized spacial score (nSPS) is 17.3. The first-order valence-corrected chi connectivity index (χ1v) is 10.6. The summed E-state index contributed by atoms with van der Waals surface area (Å²) in [6, 6.07) is 0.362. The van der Waals surface area contributed by atoms with Gasteiger partial charge in [0.1, 0.15) is 0 Å². The SMILES string of the molecule is CCNC(=NCCC(=O)N1CCCCC1C)N(C)Cc1cn(C)nc1C(C)C.I. The van der Waals surface area contributed by atoms with Crippen LogP contribution in [0, 0.1) is 0 Å². The second-order valence-electron chi connectivity index (χ2n) is 8.14. The Morgan fingerprint density at radius 2 is 2.14 bits per heavy atom. The van der Waals surface area contributed by atoms with Gasteiger partial charge in [0.2, 0.25) is 5.91 Å². The minimum Gasteiger partial charge on any atom is -0.357 e. The predicted molar refractivity (Wildman–Crippen MR) is 130 cm³/mol. The van der Waals surface area contributed by atoms with E-state index in [9.17, 15) is 4.79 Å². The maximum atomic E-state index is 12.5. The number of halogens is 1. The third kappa shape index (κ3) is 7.46. The topological polar surface area (TPSA) is 65.8 Å². The molecule has 1 aromatic rings. The van der Waals surface area contributed by atoms with Gasteiger partial charge in [-0.05, 0) is 39.0 Å². The molecule has 2 heterocycles. The molecular weight excluding hydrogens is 479 g/mol. The van der Waals surface area contributed by atoms with E-state index in [1.165, 1.54) is 12.0 Å². The number of likely N-dealkylation sites (tertiary alicyclic amines) is 1. The van der Waals surface area contributed by atoms with Gasteiger partial charge in [0.15, 0.2) is 5.96 Å². The molecule has 0 aromatic carbocycles. The molecule has 1 atom stereocenters. The maximum absolute atomic E-state index is 12.5. The molecule has 1 fully saturated rings. The average molecular weight is 518 g/mol. The van der Waals surface area contributed by atoms with Crippen molar-refractivity contribution in [3.05, 3.63) is 17.5 Å². The molecule has 0 aliphatic carbocycles. The van der Waals surface area contributed by atoms with E-state index in [-0.39, 0.29) is 29.9 Å². The number of piperidine rings is 1. The average Bonchev–Trinajstić information content (AvgIpc) is 3.01. The van der Waals surface area contributed by atoms with Crippen LogP contribution in [0.15, 0.2) is 11.2 Å². The van der Waals surface area contributed by atoms with Crippen LogP contribution >= 0.6 is 24.0 Å². The smallest absolute Gasteiger partial charge is 0.224 e. The number of hydrogen-bond donors (Lipinski definition) is 1. The molecule has 1 aliphatic heterocycles. The molecule has 1 amide bonds. The van der Waals surface area contributed by atoms with E-state index >= 15 is 0 Å². The molecule has 1 N–H and O–H groups in total. The summed E-state index contributed by atoms with van der Waals surface area (Å²) in [5.41, 5.74) is 2.34.